The molecule has 1 fully saturated rings. The summed E-state index contributed by atoms with van der Waals surface area (Å²) in [6.07, 6.45) is 4.67. The Kier molecular flexibility index (Phi) is 18.0. The van der Waals surface area contributed by atoms with Gasteiger partial charge in [-0.25, -0.2) is 17.9 Å². The van der Waals surface area contributed by atoms with Crippen LogP contribution < -0.4 is 31.3 Å². The zero-order valence-electron chi connectivity index (χ0n) is 31.4. The third-order valence-electron chi connectivity index (χ3n) is 8.70. The van der Waals surface area contributed by atoms with E-state index in [1.54, 1.807) is 25.1 Å². The number of amides is 5. The summed E-state index contributed by atoms with van der Waals surface area (Å²) < 4.78 is 26.4. The molecule has 5 atom stereocenters. The molecule has 7 N–H and O–H groups in total. The molecule has 0 heterocycles. The molecule has 0 bridgehead atoms. The van der Waals surface area contributed by atoms with Crippen molar-refractivity contribution in [1.29, 1.82) is 0 Å². The minimum atomic E-state index is -3.75. The lowest BCUT2D eigenvalue weighted by molar-refractivity contribution is -0.142. The van der Waals surface area contributed by atoms with Crippen molar-refractivity contribution in [3.05, 3.63) is 35.9 Å². The van der Waals surface area contributed by atoms with Gasteiger partial charge in [-0.15, -0.1) is 0 Å². The van der Waals surface area contributed by atoms with Gasteiger partial charge in [-0.2, -0.15) is 0 Å². The van der Waals surface area contributed by atoms with Crippen LogP contribution in [-0.4, -0.2) is 91.8 Å². The summed E-state index contributed by atoms with van der Waals surface area (Å²) in [5, 5.41) is 22.1. The van der Waals surface area contributed by atoms with E-state index in [1.807, 2.05) is 27.7 Å². The van der Waals surface area contributed by atoms with Gasteiger partial charge in [0.1, 0.15) is 18.1 Å². The van der Waals surface area contributed by atoms with Crippen LogP contribution in [-0.2, 0) is 43.6 Å². The van der Waals surface area contributed by atoms with E-state index in [0.29, 0.717) is 24.8 Å². The maximum Gasteiger partial charge on any atom is 0.330 e. The highest BCUT2D eigenvalue weighted by Gasteiger charge is 2.37. The van der Waals surface area contributed by atoms with E-state index in [-0.39, 0.29) is 37.0 Å². The summed E-state index contributed by atoms with van der Waals surface area (Å²) in [5.41, 5.74) is 0.306. The quantitative estimate of drug-likeness (QED) is 0.0828. The lowest BCUT2D eigenvalue weighted by Gasteiger charge is -2.29. The monoisotopic (exact) mass is 764 g/mol. The number of hydrogen-bond donors (Lipinski definition) is 7. The second-order valence-corrected chi connectivity index (χ2v) is 16.2. The first-order valence-electron chi connectivity index (χ1n) is 18.1. The first-order chi connectivity index (χ1) is 24.8. The number of hydrogen-bond acceptors (Lipinski definition) is 9. The molecule has 53 heavy (non-hydrogen) atoms. The number of benzene rings is 1. The fourth-order valence-corrected chi connectivity index (χ4v) is 6.95. The summed E-state index contributed by atoms with van der Waals surface area (Å²) >= 11 is 0. The van der Waals surface area contributed by atoms with Crippen LogP contribution in [0.3, 0.4) is 0 Å². The minimum Gasteiger partial charge on any atom is -0.479 e. The predicted octanol–water partition coefficient (Wildman–Crippen LogP) is 1.07. The molecular weight excluding hydrogens is 708 g/mol. The van der Waals surface area contributed by atoms with Crippen LogP contribution in [0, 0.1) is 17.8 Å². The third kappa shape index (κ3) is 15.6. The zero-order chi connectivity index (χ0) is 39.9. The summed E-state index contributed by atoms with van der Waals surface area (Å²) in [5.74, 6) is -6.81. The number of carbonyl (C=O) groups excluding carboxylic acids is 6. The molecule has 1 aromatic rings. The Balaban J connectivity index is 2.17. The number of aliphatic carboxylic acids is 1. The lowest BCUT2D eigenvalue weighted by atomic mass is 9.95. The first-order valence-corrected chi connectivity index (χ1v) is 20.0. The zero-order valence-corrected chi connectivity index (χ0v) is 32.2. The Morgan fingerprint density at radius 3 is 1.85 bits per heavy atom. The first kappa shape index (κ1) is 44.8. The molecule has 1 aromatic carbocycles. The minimum absolute atomic E-state index is 0.0418. The van der Waals surface area contributed by atoms with Gasteiger partial charge in [0.15, 0.2) is 6.04 Å². The third-order valence-corrected chi connectivity index (χ3v) is 9.41. The Labute approximate surface area is 311 Å². The smallest absolute Gasteiger partial charge is 0.330 e. The lowest BCUT2D eigenvalue weighted by Crippen LogP contribution is -2.60. The summed E-state index contributed by atoms with van der Waals surface area (Å²) in [6.45, 7) is 8.36. The van der Waals surface area contributed by atoms with E-state index in [2.05, 4.69) is 31.3 Å². The fraction of sp³-hybridized carbons (Fsp3) is 0.639. The van der Waals surface area contributed by atoms with Crippen molar-refractivity contribution in [1.82, 2.24) is 31.3 Å². The van der Waals surface area contributed by atoms with Gasteiger partial charge in [0.2, 0.25) is 39.4 Å². The van der Waals surface area contributed by atoms with E-state index in [9.17, 15) is 47.1 Å². The highest BCUT2D eigenvalue weighted by Crippen LogP contribution is 2.28. The van der Waals surface area contributed by atoms with E-state index in [0.717, 1.165) is 19.1 Å². The molecule has 1 aliphatic rings. The van der Waals surface area contributed by atoms with Crippen molar-refractivity contribution < 1.29 is 47.1 Å². The number of carboxylic acid groups (broad SMARTS) is 1. The molecule has 1 aliphatic carbocycles. The van der Waals surface area contributed by atoms with E-state index < -0.39 is 88.1 Å². The molecule has 0 radical (unpaired) electrons. The van der Waals surface area contributed by atoms with Crippen LogP contribution in [0.2, 0.25) is 0 Å². The van der Waals surface area contributed by atoms with Gasteiger partial charge in [-0.3, -0.25) is 28.8 Å². The SMILES string of the molecule is CCC[C@@H](NC(=O)[C@H](CC(C)C)NC(=O)[C@@H](NC(=O)C(CC(C)C)NS(C)(=O)=O)C1CCCC1)C(=O)C(=O)NCC(=O)N[C@H](C(=O)O)c1ccccc1. The van der Waals surface area contributed by atoms with E-state index in [1.165, 1.54) is 12.1 Å². The molecule has 0 spiro atoms. The second-order valence-electron chi connectivity index (χ2n) is 14.4. The van der Waals surface area contributed by atoms with Gasteiger partial charge in [-0.1, -0.05) is 84.2 Å². The second kappa shape index (κ2) is 21.4. The van der Waals surface area contributed by atoms with Crippen LogP contribution in [0.15, 0.2) is 30.3 Å². The fourth-order valence-electron chi connectivity index (χ4n) is 6.23. The number of Topliss-reactive ketones (excluding diaryl/α,β-unsaturated/α-hetero) is 1. The van der Waals surface area contributed by atoms with E-state index >= 15 is 0 Å². The average molecular weight is 765 g/mol. The van der Waals surface area contributed by atoms with Gasteiger partial charge in [0.05, 0.1) is 18.8 Å². The highest BCUT2D eigenvalue weighted by atomic mass is 32.2. The maximum absolute atomic E-state index is 13.9. The molecule has 5 amide bonds. The van der Waals surface area contributed by atoms with Crippen molar-refractivity contribution in [3.8, 4) is 0 Å². The number of nitrogens with one attached hydrogen (secondary N) is 6. The predicted molar refractivity (Wildman–Crippen MR) is 196 cm³/mol. The molecule has 296 valence electrons. The van der Waals surface area contributed by atoms with Crippen LogP contribution >= 0.6 is 0 Å². The average Bonchev–Trinajstić information content (AvgIpc) is 3.61. The summed E-state index contributed by atoms with van der Waals surface area (Å²) in [7, 11) is -3.75. The van der Waals surface area contributed by atoms with Crippen molar-refractivity contribution in [2.24, 2.45) is 17.8 Å². The molecular formula is C36H56N6O10S. The van der Waals surface area contributed by atoms with Gasteiger partial charge in [0.25, 0.3) is 5.91 Å². The maximum atomic E-state index is 13.9. The Hall–Kier alpha value is -4.38. The van der Waals surface area contributed by atoms with Crippen LogP contribution in [0.4, 0.5) is 0 Å². The molecule has 16 nitrogen and oxygen atoms in total. The summed E-state index contributed by atoms with van der Waals surface area (Å²) in [4.78, 5) is 91.2. The van der Waals surface area contributed by atoms with Crippen molar-refractivity contribution in [2.75, 3.05) is 12.8 Å². The van der Waals surface area contributed by atoms with Crippen molar-refractivity contribution in [2.45, 2.75) is 116 Å². The Morgan fingerprint density at radius 1 is 0.774 bits per heavy atom. The van der Waals surface area contributed by atoms with Crippen LogP contribution in [0.5, 0.6) is 0 Å². The molecule has 1 unspecified atom stereocenters. The normalized spacial score (nSPS) is 16.2. The largest absolute Gasteiger partial charge is 0.479 e. The van der Waals surface area contributed by atoms with Gasteiger partial charge < -0.3 is 31.7 Å². The molecule has 17 heteroatoms. The molecule has 0 saturated heterocycles. The number of sulfonamides is 1. The van der Waals surface area contributed by atoms with Gasteiger partial charge in [-0.05, 0) is 55.4 Å². The number of carbonyl (C=O) groups is 7. The van der Waals surface area contributed by atoms with Crippen molar-refractivity contribution >= 4 is 51.3 Å². The standard InChI is InChI=1S/C36H56N6O10S/c1-7-13-25(31(44)35(48)37-20-28(43)40-30(36(49)50)24-14-9-8-10-15-24)38-32(45)26(18-21(2)3)39-34(47)29(23-16-11-12-17-23)41-33(46)27(19-22(4)5)42-53(6,51)52/h8-10,14-15,21-23,25-27,29-30,42H,7,11-13,16-20H2,1-6H3,(H,37,48)(H,38,45)(H,39,47)(H,40,43)(H,41,46)(H,49,50)/t25-,26+,27?,29+,30+/m1/s1. The van der Waals surface area contributed by atoms with E-state index in [4.69, 9.17) is 0 Å². The molecule has 0 aliphatic heterocycles. The number of ketones is 1. The topological polar surface area (TPSA) is 246 Å². The molecule has 0 aromatic heterocycles. The summed E-state index contributed by atoms with van der Waals surface area (Å²) in [6, 6.07) is 1.91. The van der Waals surface area contributed by atoms with Gasteiger partial charge >= 0.3 is 5.97 Å². The number of rotatable bonds is 22. The molecule has 2 rings (SSSR count). The van der Waals surface area contributed by atoms with Gasteiger partial charge in [0, 0.05) is 0 Å². The number of carboxylic acids is 1. The molecule has 1 saturated carbocycles. The van der Waals surface area contributed by atoms with Crippen LogP contribution in [0.1, 0.15) is 97.6 Å². The van der Waals surface area contributed by atoms with Crippen LogP contribution in [0.25, 0.3) is 0 Å². The Morgan fingerprint density at radius 2 is 1.32 bits per heavy atom. The van der Waals surface area contributed by atoms with Crippen molar-refractivity contribution in [3.63, 3.8) is 0 Å². The highest BCUT2D eigenvalue weighted by molar-refractivity contribution is 7.88. The Bertz CT molecular complexity index is 1550.